The van der Waals surface area contributed by atoms with Gasteiger partial charge in [-0.15, -0.1) is 0 Å². The van der Waals surface area contributed by atoms with Crippen LogP contribution in [0.5, 0.6) is 0 Å². The third-order valence-corrected chi connectivity index (χ3v) is 2.84. The van der Waals surface area contributed by atoms with Crippen molar-refractivity contribution in [1.29, 1.82) is 0 Å². The molecule has 1 aromatic rings. The van der Waals surface area contributed by atoms with Gasteiger partial charge < -0.3 is 11.1 Å². The Morgan fingerprint density at radius 1 is 1.40 bits per heavy atom. The summed E-state index contributed by atoms with van der Waals surface area (Å²) >= 11 is 6.09. The lowest BCUT2D eigenvalue weighted by atomic mass is 10.1. The molecule has 0 saturated carbocycles. The van der Waals surface area contributed by atoms with Gasteiger partial charge in [-0.2, -0.15) is 0 Å². The van der Waals surface area contributed by atoms with Crippen LogP contribution < -0.4 is 11.1 Å². The molecule has 0 aromatic heterocycles. The molecular weight excluding hydrogens is 208 g/mol. The van der Waals surface area contributed by atoms with E-state index in [-0.39, 0.29) is 0 Å². The minimum atomic E-state index is 0.456. The molecule has 84 valence electrons. The maximum Gasteiger partial charge on any atom is 0.0765 e. The van der Waals surface area contributed by atoms with E-state index in [1.165, 1.54) is 0 Å². The summed E-state index contributed by atoms with van der Waals surface area (Å²) in [5.41, 5.74) is 7.47. The number of nitrogen functional groups attached to an aromatic ring is 1. The van der Waals surface area contributed by atoms with Gasteiger partial charge in [-0.25, -0.2) is 0 Å². The second-order valence-corrected chi connectivity index (χ2v) is 4.15. The number of nitrogens with one attached hydrogen (secondary N) is 1. The first-order chi connectivity index (χ1) is 7.19. The Morgan fingerprint density at radius 3 is 2.67 bits per heavy atom. The van der Waals surface area contributed by atoms with Crippen LogP contribution in [-0.4, -0.2) is 6.04 Å². The van der Waals surface area contributed by atoms with E-state index in [2.05, 4.69) is 19.2 Å². The van der Waals surface area contributed by atoms with Gasteiger partial charge in [0.2, 0.25) is 0 Å². The van der Waals surface area contributed by atoms with Crippen LogP contribution in [0.3, 0.4) is 0 Å². The van der Waals surface area contributed by atoms with Gasteiger partial charge in [-0.05, 0) is 25.0 Å². The molecule has 0 fully saturated rings. The van der Waals surface area contributed by atoms with Crippen LogP contribution in [-0.2, 0) is 0 Å². The summed E-state index contributed by atoms with van der Waals surface area (Å²) in [7, 11) is 0. The molecule has 1 aromatic carbocycles. The Hall–Kier alpha value is -0.890. The predicted octanol–water partition coefficient (Wildman–Crippen LogP) is 3.91. The van der Waals surface area contributed by atoms with E-state index in [4.69, 9.17) is 17.3 Å². The Bertz CT molecular complexity index is 292. The molecule has 0 radical (unpaired) electrons. The summed E-state index contributed by atoms with van der Waals surface area (Å²) in [6.07, 6.45) is 3.38. The summed E-state index contributed by atoms with van der Waals surface area (Å²) in [6, 6.07) is 6.05. The van der Waals surface area contributed by atoms with E-state index in [0.717, 1.165) is 30.6 Å². The maximum absolute atomic E-state index is 6.09. The van der Waals surface area contributed by atoms with Gasteiger partial charge in [0.1, 0.15) is 0 Å². The Kier molecular flexibility index (Phi) is 4.76. The van der Waals surface area contributed by atoms with E-state index >= 15 is 0 Å². The van der Waals surface area contributed by atoms with Gasteiger partial charge in [-0.1, -0.05) is 37.9 Å². The molecule has 1 atom stereocenters. The standard InChI is InChI=1S/C12H19ClN2/c1-3-6-9(4-2)15-12-10(13)7-5-8-11(12)14/h5,7-9,15H,3-4,6,14H2,1-2H3. The molecule has 3 heteroatoms. The summed E-state index contributed by atoms with van der Waals surface area (Å²) in [5, 5.41) is 4.11. The van der Waals surface area contributed by atoms with Gasteiger partial charge in [-0.3, -0.25) is 0 Å². The van der Waals surface area contributed by atoms with Gasteiger partial charge in [0.25, 0.3) is 0 Å². The highest BCUT2D eigenvalue weighted by atomic mass is 35.5. The highest BCUT2D eigenvalue weighted by Crippen LogP contribution is 2.29. The Labute approximate surface area is 96.8 Å². The zero-order chi connectivity index (χ0) is 11.3. The molecule has 2 nitrogen and oxygen atoms in total. The van der Waals surface area contributed by atoms with Gasteiger partial charge in [0.15, 0.2) is 0 Å². The Balaban J connectivity index is 2.78. The first-order valence-electron chi connectivity index (χ1n) is 5.49. The molecule has 1 rings (SSSR count). The van der Waals surface area contributed by atoms with Crippen LogP contribution in [0.25, 0.3) is 0 Å². The molecule has 0 heterocycles. The van der Waals surface area contributed by atoms with Gasteiger partial charge in [0.05, 0.1) is 16.4 Å². The van der Waals surface area contributed by atoms with E-state index in [1.807, 2.05) is 18.2 Å². The lowest BCUT2D eigenvalue weighted by Gasteiger charge is -2.19. The number of anilines is 2. The minimum absolute atomic E-state index is 0.456. The zero-order valence-electron chi connectivity index (χ0n) is 9.39. The fraction of sp³-hybridized carbons (Fsp3) is 0.500. The van der Waals surface area contributed by atoms with Crippen LogP contribution in [0.1, 0.15) is 33.1 Å². The molecule has 0 saturated heterocycles. The molecule has 0 spiro atoms. The third-order valence-electron chi connectivity index (χ3n) is 2.52. The van der Waals surface area contributed by atoms with Crippen molar-refractivity contribution >= 4 is 23.0 Å². The second-order valence-electron chi connectivity index (χ2n) is 3.74. The lowest BCUT2D eigenvalue weighted by molar-refractivity contribution is 0.623. The van der Waals surface area contributed by atoms with E-state index < -0.39 is 0 Å². The summed E-state index contributed by atoms with van der Waals surface area (Å²) in [6.45, 7) is 4.35. The van der Waals surface area contributed by atoms with E-state index in [1.54, 1.807) is 0 Å². The quantitative estimate of drug-likeness (QED) is 0.747. The van der Waals surface area contributed by atoms with Crippen molar-refractivity contribution in [2.24, 2.45) is 0 Å². The average molecular weight is 227 g/mol. The first-order valence-corrected chi connectivity index (χ1v) is 5.87. The van der Waals surface area contributed by atoms with E-state index in [0.29, 0.717) is 11.1 Å². The molecule has 15 heavy (non-hydrogen) atoms. The van der Waals surface area contributed by atoms with Crippen molar-refractivity contribution < 1.29 is 0 Å². The number of halogens is 1. The van der Waals surface area contributed by atoms with Crippen molar-refractivity contribution in [3.8, 4) is 0 Å². The molecular formula is C12H19ClN2. The van der Waals surface area contributed by atoms with Crippen LogP contribution in [0.4, 0.5) is 11.4 Å². The number of hydrogen-bond donors (Lipinski definition) is 2. The van der Waals surface area contributed by atoms with E-state index in [9.17, 15) is 0 Å². The largest absolute Gasteiger partial charge is 0.397 e. The van der Waals surface area contributed by atoms with Crippen LogP contribution >= 0.6 is 11.6 Å². The predicted molar refractivity (Wildman–Crippen MR) is 68.5 cm³/mol. The first kappa shape index (κ1) is 12.2. The van der Waals surface area contributed by atoms with Crippen LogP contribution in [0.15, 0.2) is 18.2 Å². The SMILES string of the molecule is CCCC(CC)Nc1c(N)cccc1Cl. The summed E-state index contributed by atoms with van der Waals surface area (Å²) < 4.78 is 0. The molecule has 0 amide bonds. The monoisotopic (exact) mass is 226 g/mol. The highest BCUT2D eigenvalue weighted by Gasteiger charge is 2.09. The molecule has 1 unspecified atom stereocenters. The molecule has 0 aliphatic heterocycles. The molecule has 0 bridgehead atoms. The van der Waals surface area contributed by atoms with Gasteiger partial charge >= 0.3 is 0 Å². The number of benzene rings is 1. The van der Waals surface area contributed by atoms with Crippen molar-refractivity contribution in [3.05, 3.63) is 23.2 Å². The summed E-state index contributed by atoms with van der Waals surface area (Å²) in [4.78, 5) is 0. The lowest BCUT2D eigenvalue weighted by Crippen LogP contribution is -2.19. The maximum atomic E-state index is 6.09. The summed E-state index contributed by atoms with van der Waals surface area (Å²) in [5.74, 6) is 0. The highest BCUT2D eigenvalue weighted by molar-refractivity contribution is 6.33. The van der Waals surface area contributed by atoms with Gasteiger partial charge in [0, 0.05) is 6.04 Å². The fourth-order valence-electron chi connectivity index (χ4n) is 1.62. The van der Waals surface area contributed by atoms with Crippen molar-refractivity contribution in [1.82, 2.24) is 0 Å². The van der Waals surface area contributed by atoms with Crippen molar-refractivity contribution in [2.45, 2.75) is 39.2 Å². The number of nitrogens with two attached hydrogens (primary N) is 1. The number of rotatable bonds is 5. The average Bonchev–Trinajstić information content (AvgIpc) is 2.22. The van der Waals surface area contributed by atoms with Crippen LogP contribution in [0, 0.1) is 0 Å². The van der Waals surface area contributed by atoms with Crippen molar-refractivity contribution in [2.75, 3.05) is 11.1 Å². The second kappa shape index (κ2) is 5.86. The normalized spacial score (nSPS) is 12.5. The van der Waals surface area contributed by atoms with Crippen LogP contribution in [0.2, 0.25) is 5.02 Å². The van der Waals surface area contributed by atoms with Crippen molar-refractivity contribution in [3.63, 3.8) is 0 Å². The number of para-hydroxylation sites is 1. The Morgan fingerprint density at radius 2 is 2.13 bits per heavy atom. The number of hydrogen-bond acceptors (Lipinski definition) is 2. The zero-order valence-corrected chi connectivity index (χ0v) is 10.1. The smallest absolute Gasteiger partial charge is 0.0765 e. The topological polar surface area (TPSA) is 38.0 Å². The third kappa shape index (κ3) is 3.31. The molecule has 0 aliphatic rings. The minimum Gasteiger partial charge on any atom is -0.397 e. The molecule has 0 aliphatic carbocycles. The molecule has 3 N–H and O–H groups in total. The fourth-order valence-corrected chi connectivity index (χ4v) is 1.86.